The zero-order valence-corrected chi connectivity index (χ0v) is 18.4. The molecule has 1 heterocycles. The quantitative estimate of drug-likeness (QED) is 0.394. The van der Waals surface area contributed by atoms with Crippen LogP contribution in [0.3, 0.4) is 0 Å². The third-order valence-corrected chi connectivity index (χ3v) is 14.5. The lowest BCUT2D eigenvalue weighted by Crippen LogP contribution is -2.46. The molecule has 1 heteroatoms. The van der Waals surface area contributed by atoms with Gasteiger partial charge in [-0.15, -0.1) is 0 Å². The first-order chi connectivity index (χ1) is 13.1. The minimum atomic E-state index is -1.47. The van der Waals surface area contributed by atoms with E-state index in [1.807, 2.05) is 22.3 Å². The van der Waals surface area contributed by atoms with E-state index in [1.54, 1.807) is 0 Å². The van der Waals surface area contributed by atoms with Gasteiger partial charge in [0.25, 0.3) is 0 Å². The van der Waals surface area contributed by atoms with Crippen LogP contribution < -0.4 is 0 Å². The maximum Gasteiger partial charge on any atom is 0.104 e. The number of allylic oxidation sites excluding steroid dienone is 6. The van der Waals surface area contributed by atoms with Crippen LogP contribution in [-0.4, -0.2) is 8.07 Å². The van der Waals surface area contributed by atoms with E-state index in [0.29, 0.717) is 0 Å². The smallest absolute Gasteiger partial charge is 0.0696 e. The van der Waals surface area contributed by atoms with Gasteiger partial charge in [-0.05, 0) is 135 Å². The molecule has 9 aliphatic carbocycles. The van der Waals surface area contributed by atoms with E-state index in [4.69, 9.17) is 0 Å². The van der Waals surface area contributed by atoms with Crippen molar-refractivity contribution in [1.29, 1.82) is 0 Å². The first-order valence-corrected chi connectivity index (χ1v) is 15.4. The summed E-state index contributed by atoms with van der Waals surface area (Å²) in [6, 6.07) is 0. The summed E-state index contributed by atoms with van der Waals surface area (Å²) in [5, 5.41) is 4.25. The number of hydrogen-bond donors (Lipinski definition) is 0. The maximum absolute atomic E-state index is 2.82. The average molecular weight is 377 g/mol. The Morgan fingerprint density at radius 2 is 0.667 bits per heavy atom. The third-order valence-electron chi connectivity index (χ3n) is 10.4. The monoisotopic (exact) mass is 376 g/mol. The van der Waals surface area contributed by atoms with Crippen LogP contribution >= 0.6 is 0 Å². The third kappa shape index (κ3) is 1.91. The van der Waals surface area contributed by atoms with Crippen molar-refractivity contribution in [2.45, 2.75) is 90.1 Å². The van der Waals surface area contributed by atoms with Gasteiger partial charge in [0.1, 0.15) is 8.07 Å². The Balaban J connectivity index is 1.59. The highest BCUT2D eigenvalue weighted by Crippen LogP contribution is 2.64. The summed E-state index contributed by atoms with van der Waals surface area (Å²) in [5.74, 6) is 5.78. The number of fused-ring (bicyclic) bond motifs is 6. The summed E-state index contributed by atoms with van der Waals surface area (Å²) in [4.78, 5) is 0. The Labute approximate surface area is 166 Å². The zero-order chi connectivity index (χ0) is 17.9. The molecule has 10 rings (SSSR count). The molecule has 3 fully saturated rings. The summed E-state index contributed by atoms with van der Waals surface area (Å²) in [6.07, 6.45) is 18.3. The van der Waals surface area contributed by atoms with Crippen molar-refractivity contribution >= 4 is 8.07 Å². The van der Waals surface area contributed by atoms with Gasteiger partial charge in [0.05, 0.1) is 0 Å². The standard InChI is InChI=1S/C26H36Si/c1-27(2)25-19-11-7-17(8-12-19)23(25)21-15-3-4-16(6-5-15)22(21)24-18-9-13-20(14-10-18)26(24)27/h15-20H,3-14H2,1-2H3. The molecule has 0 amide bonds. The predicted molar refractivity (Wildman–Crippen MR) is 115 cm³/mol. The molecule has 0 atom stereocenters. The molecule has 144 valence electrons. The van der Waals surface area contributed by atoms with Crippen LogP contribution in [-0.2, 0) is 0 Å². The SMILES string of the molecule is C[Si]1(C)C2=C(C3=C(C4=C1C1CCC4CC1)C1CCC3CC1)C1CCC2CC1. The van der Waals surface area contributed by atoms with Gasteiger partial charge in [0.2, 0.25) is 0 Å². The minimum absolute atomic E-state index is 0.950. The van der Waals surface area contributed by atoms with Crippen molar-refractivity contribution < 1.29 is 0 Å². The van der Waals surface area contributed by atoms with Crippen LogP contribution in [0.2, 0.25) is 13.1 Å². The molecule has 0 aromatic carbocycles. The molecule has 10 aliphatic rings. The Kier molecular flexibility index (Phi) is 3.20. The van der Waals surface area contributed by atoms with Gasteiger partial charge >= 0.3 is 0 Å². The fraction of sp³-hybridized carbons (Fsp3) is 0.769. The molecule has 0 nitrogen and oxygen atoms in total. The van der Waals surface area contributed by atoms with Crippen LogP contribution in [0, 0.1) is 35.5 Å². The Hall–Kier alpha value is -0.563. The molecule has 0 N–H and O–H groups in total. The average Bonchev–Trinajstić information content (AvgIpc) is 2.85. The van der Waals surface area contributed by atoms with Gasteiger partial charge < -0.3 is 0 Å². The molecule has 0 radical (unpaired) electrons. The van der Waals surface area contributed by atoms with Gasteiger partial charge in [-0.1, -0.05) is 23.5 Å². The van der Waals surface area contributed by atoms with E-state index in [2.05, 4.69) is 23.5 Å². The van der Waals surface area contributed by atoms with Gasteiger partial charge in [-0.25, -0.2) is 0 Å². The van der Waals surface area contributed by atoms with E-state index < -0.39 is 8.07 Å². The largest absolute Gasteiger partial charge is 0.104 e. The summed E-state index contributed by atoms with van der Waals surface area (Å²) in [6.45, 7) is 5.64. The molecule has 0 saturated heterocycles. The fourth-order valence-electron chi connectivity index (χ4n) is 9.63. The molecular weight excluding hydrogens is 340 g/mol. The van der Waals surface area contributed by atoms with E-state index in [9.17, 15) is 0 Å². The second kappa shape index (κ2) is 5.32. The fourth-order valence-corrected chi connectivity index (χ4v) is 14.6. The van der Waals surface area contributed by atoms with Crippen molar-refractivity contribution in [2.75, 3.05) is 0 Å². The Bertz CT molecular complexity index is 731. The zero-order valence-electron chi connectivity index (χ0n) is 17.4. The highest BCUT2D eigenvalue weighted by Gasteiger charge is 2.54. The molecular formula is C26H36Si. The van der Waals surface area contributed by atoms with Crippen molar-refractivity contribution in [3.8, 4) is 0 Å². The second-order valence-corrected chi connectivity index (χ2v) is 16.1. The Morgan fingerprint density at radius 3 is 1.00 bits per heavy atom. The summed E-state index contributed by atoms with van der Waals surface area (Å²) in [7, 11) is -1.47. The lowest BCUT2D eigenvalue weighted by molar-refractivity contribution is 0.260. The maximum atomic E-state index is 2.82. The van der Waals surface area contributed by atoms with Crippen LogP contribution in [0.1, 0.15) is 77.0 Å². The predicted octanol–water partition coefficient (Wildman–Crippen LogP) is 7.14. The van der Waals surface area contributed by atoms with Gasteiger partial charge in [-0.3, -0.25) is 0 Å². The first-order valence-electron chi connectivity index (χ1n) is 12.4. The van der Waals surface area contributed by atoms with E-state index in [-0.39, 0.29) is 0 Å². The van der Waals surface area contributed by atoms with Crippen LogP contribution in [0.25, 0.3) is 0 Å². The van der Waals surface area contributed by atoms with Crippen LogP contribution in [0.5, 0.6) is 0 Å². The second-order valence-electron chi connectivity index (χ2n) is 11.8. The first kappa shape index (κ1) is 16.3. The molecule has 3 saturated carbocycles. The molecule has 1 aliphatic heterocycles. The van der Waals surface area contributed by atoms with Crippen molar-refractivity contribution in [3.63, 3.8) is 0 Å². The summed E-state index contributed by atoms with van der Waals surface area (Å²) in [5.41, 5.74) is 8.15. The number of rotatable bonds is 0. The van der Waals surface area contributed by atoms with Gasteiger partial charge in [0.15, 0.2) is 0 Å². The molecule has 6 bridgehead atoms. The van der Waals surface area contributed by atoms with Crippen molar-refractivity contribution in [2.24, 2.45) is 35.5 Å². The Morgan fingerprint density at radius 1 is 0.407 bits per heavy atom. The number of hydrogen-bond acceptors (Lipinski definition) is 0. The molecule has 0 aromatic heterocycles. The van der Waals surface area contributed by atoms with Gasteiger partial charge in [-0.2, -0.15) is 0 Å². The molecule has 0 spiro atoms. The van der Waals surface area contributed by atoms with Gasteiger partial charge in [0, 0.05) is 0 Å². The topological polar surface area (TPSA) is 0 Å². The van der Waals surface area contributed by atoms with Crippen molar-refractivity contribution in [3.05, 3.63) is 32.7 Å². The lowest BCUT2D eigenvalue weighted by atomic mass is 9.56. The van der Waals surface area contributed by atoms with Crippen molar-refractivity contribution in [1.82, 2.24) is 0 Å². The summed E-state index contributed by atoms with van der Waals surface area (Å²) >= 11 is 0. The molecule has 0 unspecified atom stereocenters. The van der Waals surface area contributed by atoms with E-state index >= 15 is 0 Å². The highest BCUT2D eigenvalue weighted by atomic mass is 28.3. The summed E-state index contributed by atoms with van der Waals surface area (Å²) < 4.78 is 0. The van der Waals surface area contributed by atoms with E-state index in [0.717, 1.165) is 35.5 Å². The van der Waals surface area contributed by atoms with Crippen LogP contribution in [0.4, 0.5) is 0 Å². The lowest BCUT2D eigenvalue weighted by Gasteiger charge is -2.50. The molecule has 0 aromatic rings. The van der Waals surface area contributed by atoms with E-state index in [1.165, 1.54) is 77.0 Å². The van der Waals surface area contributed by atoms with Crippen LogP contribution in [0.15, 0.2) is 32.7 Å². The minimum Gasteiger partial charge on any atom is -0.0696 e. The highest BCUT2D eigenvalue weighted by molar-refractivity contribution is 6.91. The normalized spacial score (nSPS) is 46.4. The molecule has 27 heavy (non-hydrogen) atoms.